The molecule has 31 heavy (non-hydrogen) atoms. The zero-order chi connectivity index (χ0) is 22.1. The minimum atomic E-state index is -0.509. The van der Waals surface area contributed by atoms with Gasteiger partial charge in [0.15, 0.2) is 5.82 Å². The Labute approximate surface area is 188 Å². The lowest BCUT2D eigenvalue weighted by molar-refractivity contribution is 0.101. The Morgan fingerprint density at radius 1 is 0.968 bits per heavy atom. The van der Waals surface area contributed by atoms with Gasteiger partial charge in [-0.15, -0.1) is 5.10 Å². The van der Waals surface area contributed by atoms with Gasteiger partial charge in [-0.2, -0.15) is 0 Å². The molecule has 0 aliphatic carbocycles. The Balaban J connectivity index is 1.78. The first kappa shape index (κ1) is 21.0. The first-order chi connectivity index (χ1) is 14.8. The van der Waals surface area contributed by atoms with E-state index in [1.807, 2.05) is 32.0 Å². The largest absolute Gasteiger partial charge is 0.319 e. The summed E-state index contributed by atoms with van der Waals surface area (Å²) < 4.78 is 15.0. The minimum Gasteiger partial charge on any atom is -0.319 e. The molecule has 4 aromatic rings. The van der Waals surface area contributed by atoms with Gasteiger partial charge in [-0.05, 0) is 73.5 Å². The second kappa shape index (κ2) is 8.49. The smallest absolute Gasteiger partial charge is 0.295 e. The molecule has 0 saturated heterocycles. The van der Waals surface area contributed by atoms with Crippen LogP contribution >= 0.6 is 23.2 Å². The molecule has 1 N–H and O–H groups in total. The van der Waals surface area contributed by atoms with E-state index in [1.54, 1.807) is 35.0 Å². The van der Waals surface area contributed by atoms with Gasteiger partial charge in [0.05, 0.1) is 15.7 Å². The molecular weight excluding hydrogens is 438 g/mol. The van der Waals surface area contributed by atoms with Crippen LogP contribution < -0.4 is 5.32 Å². The molecule has 1 aromatic heterocycles. The fourth-order valence-electron chi connectivity index (χ4n) is 3.07. The summed E-state index contributed by atoms with van der Waals surface area (Å²) in [6.45, 7) is 3.91. The molecule has 8 heteroatoms. The van der Waals surface area contributed by atoms with Crippen LogP contribution in [0.25, 0.3) is 17.1 Å². The number of aromatic nitrogens is 3. The summed E-state index contributed by atoms with van der Waals surface area (Å²) in [7, 11) is 0. The molecule has 5 nitrogen and oxygen atoms in total. The van der Waals surface area contributed by atoms with Crippen molar-refractivity contribution >= 4 is 34.8 Å². The number of nitrogens with one attached hydrogen (secondary N) is 1. The highest BCUT2D eigenvalue weighted by molar-refractivity contribution is 6.42. The van der Waals surface area contributed by atoms with Crippen molar-refractivity contribution in [2.45, 2.75) is 13.8 Å². The monoisotopic (exact) mass is 454 g/mol. The fourth-order valence-corrected chi connectivity index (χ4v) is 3.37. The van der Waals surface area contributed by atoms with Gasteiger partial charge < -0.3 is 5.32 Å². The Kier molecular flexibility index (Phi) is 5.76. The van der Waals surface area contributed by atoms with Gasteiger partial charge in [-0.25, -0.2) is 14.1 Å². The van der Waals surface area contributed by atoms with Gasteiger partial charge in [0.1, 0.15) is 5.82 Å². The summed E-state index contributed by atoms with van der Waals surface area (Å²) in [5.74, 6) is -0.482. The number of benzene rings is 3. The first-order valence-corrected chi connectivity index (χ1v) is 10.1. The molecule has 0 fully saturated rings. The van der Waals surface area contributed by atoms with Crippen molar-refractivity contribution in [3.05, 3.63) is 93.5 Å². The lowest BCUT2D eigenvalue weighted by atomic mass is 10.1. The standard InChI is InChI=1S/C23H17Cl2FN4O/c1-13-3-4-14(2)20(11-13)30-22(15-5-7-16(26)8-6-15)28-21(29-30)23(31)27-17-9-10-18(24)19(25)12-17/h3-12H,1-2H3,(H,27,31). The van der Waals surface area contributed by atoms with Crippen LogP contribution in [0, 0.1) is 19.7 Å². The van der Waals surface area contributed by atoms with Gasteiger partial charge in [0.25, 0.3) is 5.91 Å². The van der Waals surface area contributed by atoms with Crippen LogP contribution in [0.3, 0.4) is 0 Å². The second-order valence-corrected chi connectivity index (χ2v) is 7.87. The van der Waals surface area contributed by atoms with E-state index >= 15 is 0 Å². The third-order valence-electron chi connectivity index (χ3n) is 4.68. The predicted molar refractivity (Wildman–Crippen MR) is 121 cm³/mol. The topological polar surface area (TPSA) is 59.8 Å². The van der Waals surface area contributed by atoms with Gasteiger partial charge >= 0.3 is 0 Å². The van der Waals surface area contributed by atoms with E-state index in [-0.39, 0.29) is 11.6 Å². The Morgan fingerprint density at radius 2 is 1.71 bits per heavy atom. The Bertz CT molecular complexity index is 1290. The van der Waals surface area contributed by atoms with Gasteiger partial charge in [-0.1, -0.05) is 35.3 Å². The SMILES string of the molecule is Cc1ccc(C)c(-n2nc(C(=O)Nc3ccc(Cl)c(Cl)c3)nc2-c2ccc(F)cc2)c1. The Morgan fingerprint density at radius 3 is 2.42 bits per heavy atom. The number of hydrogen-bond donors (Lipinski definition) is 1. The van der Waals surface area contributed by atoms with E-state index in [0.717, 1.165) is 16.8 Å². The number of aryl methyl sites for hydroxylation is 2. The molecule has 1 heterocycles. The van der Waals surface area contributed by atoms with Crippen LogP contribution in [0.1, 0.15) is 21.7 Å². The molecule has 0 bridgehead atoms. The number of carbonyl (C=O) groups is 1. The van der Waals surface area contributed by atoms with Crippen molar-refractivity contribution in [3.63, 3.8) is 0 Å². The minimum absolute atomic E-state index is 0.0358. The summed E-state index contributed by atoms with van der Waals surface area (Å²) in [6, 6.07) is 16.6. The fraction of sp³-hybridized carbons (Fsp3) is 0.0870. The predicted octanol–water partition coefficient (Wildman–Crippen LogP) is 6.25. The highest BCUT2D eigenvalue weighted by atomic mass is 35.5. The summed E-state index contributed by atoms with van der Waals surface area (Å²) in [6.07, 6.45) is 0. The number of hydrogen-bond acceptors (Lipinski definition) is 3. The normalized spacial score (nSPS) is 10.9. The van der Waals surface area contributed by atoms with Crippen LogP contribution in [-0.2, 0) is 0 Å². The van der Waals surface area contributed by atoms with E-state index in [2.05, 4.69) is 15.4 Å². The number of nitrogens with zero attached hydrogens (tertiary/aromatic N) is 3. The summed E-state index contributed by atoms with van der Waals surface area (Å²) in [4.78, 5) is 17.3. The highest BCUT2D eigenvalue weighted by Crippen LogP contribution is 2.27. The average molecular weight is 455 g/mol. The molecule has 0 aliphatic heterocycles. The van der Waals surface area contributed by atoms with Crippen molar-refractivity contribution in [2.75, 3.05) is 5.32 Å². The summed E-state index contributed by atoms with van der Waals surface area (Å²) >= 11 is 12.0. The number of rotatable bonds is 4. The van der Waals surface area contributed by atoms with Crippen molar-refractivity contribution in [1.29, 1.82) is 0 Å². The number of halogens is 3. The van der Waals surface area contributed by atoms with Crippen LogP contribution in [0.4, 0.5) is 10.1 Å². The maximum atomic E-state index is 13.5. The van der Waals surface area contributed by atoms with E-state index in [9.17, 15) is 9.18 Å². The molecule has 1 amide bonds. The van der Waals surface area contributed by atoms with Gasteiger partial charge in [0.2, 0.25) is 5.82 Å². The number of anilines is 1. The van der Waals surface area contributed by atoms with Crippen LogP contribution in [0.15, 0.2) is 60.7 Å². The molecule has 156 valence electrons. The molecular formula is C23H17Cl2FN4O. The number of amides is 1. The zero-order valence-corrected chi connectivity index (χ0v) is 18.2. The summed E-state index contributed by atoms with van der Waals surface area (Å²) in [5, 5.41) is 7.89. The lowest BCUT2D eigenvalue weighted by Gasteiger charge is -2.10. The first-order valence-electron chi connectivity index (χ1n) is 9.39. The third kappa shape index (κ3) is 4.45. The van der Waals surface area contributed by atoms with E-state index in [0.29, 0.717) is 27.1 Å². The maximum absolute atomic E-state index is 13.5. The second-order valence-electron chi connectivity index (χ2n) is 7.05. The summed E-state index contributed by atoms with van der Waals surface area (Å²) in [5.41, 5.74) is 3.85. The van der Waals surface area contributed by atoms with E-state index in [1.165, 1.54) is 12.1 Å². The Hall–Kier alpha value is -3.22. The van der Waals surface area contributed by atoms with Crippen molar-refractivity contribution in [2.24, 2.45) is 0 Å². The van der Waals surface area contributed by atoms with E-state index < -0.39 is 5.91 Å². The van der Waals surface area contributed by atoms with E-state index in [4.69, 9.17) is 23.2 Å². The molecule has 0 unspecified atom stereocenters. The zero-order valence-electron chi connectivity index (χ0n) is 16.7. The molecule has 0 saturated carbocycles. The van der Waals surface area contributed by atoms with Crippen LogP contribution in [0.5, 0.6) is 0 Å². The molecule has 0 atom stereocenters. The number of carbonyl (C=O) groups excluding carboxylic acids is 1. The molecule has 0 aliphatic rings. The van der Waals surface area contributed by atoms with Crippen LogP contribution in [-0.4, -0.2) is 20.7 Å². The lowest BCUT2D eigenvalue weighted by Crippen LogP contribution is -2.14. The van der Waals surface area contributed by atoms with Gasteiger partial charge in [0, 0.05) is 11.3 Å². The molecule has 0 radical (unpaired) electrons. The quantitative estimate of drug-likeness (QED) is 0.396. The molecule has 0 spiro atoms. The van der Waals surface area contributed by atoms with Crippen molar-refractivity contribution in [1.82, 2.24) is 14.8 Å². The maximum Gasteiger partial charge on any atom is 0.295 e. The van der Waals surface area contributed by atoms with Gasteiger partial charge in [-0.3, -0.25) is 4.79 Å². The highest BCUT2D eigenvalue weighted by Gasteiger charge is 2.20. The van der Waals surface area contributed by atoms with Crippen molar-refractivity contribution in [3.8, 4) is 17.1 Å². The average Bonchev–Trinajstić information content (AvgIpc) is 3.18. The third-order valence-corrected chi connectivity index (χ3v) is 5.42. The molecule has 3 aromatic carbocycles. The van der Waals surface area contributed by atoms with Crippen molar-refractivity contribution < 1.29 is 9.18 Å². The van der Waals surface area contributed by atoms with Crippen LogP contribution in [0.2, 0.25) is 10.0 Å². The molecule has 4 rings (SSSR count).